The lowest BCUT2D eigenvalue weighted by atomic mass is 10.2. The summed E-state index contributed by atoms with van der Waals surface area (Å²) in [7, 11) is 0. The van der Waals surface area contributed by atoms with Gasteiger partial charge in [0.25, 0.3) is 5.91 Å². The molecule has 0 unspecified atom stereocenters. The van der Waals surface area contributed by atoms with E-state index < -0.39 is 0 Å². The molecule has 1 heterocycles. The third kappa shape index (κ3) is 3.01. The summed E-state index contributed by atoms with van der Waals surface area (Å²) in [6.07, 6.45) is 1.50. The van der Waals surface area contributed by atoms with Gasteiger partial charge < -0.3 is 14.5 Å². The molecule has 0 aliphatic rings. The summed E-state index contributed by atoms with van der Waals surface area (Å²) in [6.45, 7) is 1.82. The molecule has 4 nitrogen and oxygen atoms in total. The third-order valence-corrected chi connectivity index (χ3v) is 3.17. The first-order valence-corrected chi connectivity index (χ1v) is 6.91. The molecule has 0 bridgehead atoms. The molecule has 0 radical (unpaired) electrons. The van der Waals surface area contributed by atoms with Gasteiger partial charge in [0.15, 0.2) is 11.5 Å². The molecule has 0 spiro atoms. The molecular formula is C18H15NO3. The molecular weight excluding hydrogens is 278 g/mol. The second kappa shape index (κ2) is 6.18. The molecule has 0 aliphatic carbocycles. The molecule has 22 heavy (non-hydrogen) atoms. The molecule has 0 fully saturated rings. The topological polar surface area (TPSA) is 51.5 Å². The second-order valence-electron chi connectivity index (χ2n) is 4.80. The van der Waals surface area contributed by atoms with E-state index in [-0.39, 0.29) is 5.91 Å². The smallest absolute Gasteiger partial charge is 0.291 e. The molecule has 2 aromatic carbocycles. The average molecular weight is 293 g/mol. The average Bonchev–Trinajstić information content (AvgIpc) is 2.96. The number of rotatable bonds is 4. The van der Waals surface area contributed by atoms with Crippen molar-refractivity contribution in [2.45, 2.75) is 6.92 Å². The minimum Gasteiger partial charge on any atom is -0.459 e. The molecule has 1 N–H and O–H groups in total. The van der Waals surface area contributed by atoms with Crippen molar-refractivity contribution in [3.63, 3.8) is 0 Å². The lowest BCUT2D eigenvalue weighted by molar-refractivity contribution is 0.0995. The Kier molecular flexibility index (Phi) is 3.92. The maximum atomic E-state index is 12.2. The van der Waals surface area contributed by atoms with Crippen LogP contribution in [0.4, 0.5) is 5.69 Å². The summed E-state index contributed by atoms with van der Waals surface area (Å²) < 4.78 is 11.0. The van der Waals surface area contributed by atoms with Crippen LogP contribution in [0.2, 0.25) is 0 Å². The summed E-state index contributed by atoms with van der Waals surface area (Å²) >= 11 is 0. The number of carbonyl (C=O) groups excluding carboxylic acids is 1. The minimum atomic E-state index is -0.299. The number of hydrogen-bond donors (Lipinski definition) is 1. The van der Waals surface area contributed by atoms with Gasteiger partial charge in [-0.05, 0) is 37.3 Å². The predicted molar refractivity (Wildman–Crippen MR) is 84.4 cm³/mol. The first-order valence-electron chi connectivity index (χ1n) is 6.91. The Morgan fingerprint density at radius 1 is 1.00 bits per heavy atom. The fourth-order valence-electron chi connectivity index (χ4n) is 2.06. The number of anilines is 1. The van der Waals surface area contributed by atoms with E-state index in [1.54, 1.807) is 18.2 Å². The van der Waals surface area contributed by atoms with Crippen LogP contribution in [0.3, 0.4) is 0 Å². The van der Waals surface area contributed by atoms with Crippen LogP contribution in [0.5, 0.6) is 11.5 Å². The van der Waals surface area contributed by atoms with E-state index >= 15 is 0 Å². The second-order valence-corrected chi connectivity index (χ2v) is 4.80. The van der Waals surface area contributed by atoms with E-state index in [0.717, 1.165) is 5.56 Å². The Morgan fingerprint density at radius 3 is 2.45 bits per heavy atom. The van der Waals surface area contributed by atoms with Crippen molar-refractivity contribution in [2.75, 3.05) is 5.32 Å². The molecule has 110 valence electrons. The quantitative estimate of drug-likeness (QED) is 0.762. The van der Waals surface area contributed by atoms with Crippen LogP contribution in [0.25, 0.3) is 0 Å². The molecule has 1 aromatic heterocycles. The number of hydrogen-bond acceptors (Lipinski definition) is 3. The van der Waals surface area contributed by atoms with Crippen molar-refractivity contribution in [2.24, 2.45) is 0 Å². The summed E-state index contributed by atoms with van der Waals surface area (Å²) in [4.78, 5) is 12.2. The largest absolute Gasteiger partial charge is 0.459 e. The van der Waals surface area contributed by atoms with Crippen molar-refractivity contribution in [1.29, 1.82) is 0 Å². The number of benzene rings is 2. The van der Waals surface area contributed by atoms with Crippen LogP contribution in [0.1, 0.15) is 16.1 Å². The number of ether oxygens (including phenoxy) is 1. The van der Waals surface area contributed by atoms with Crippen LogP contribution >= 0.6 is 0 Å². The maximum absolute atomic E-state index is 12.2. The lowest BCUT2D eigenvalue weighted by Gasteiger charge is -2.11. The molecule has 4 heteroatoms. The highest BCUT2D eigenvalue weighted by atomic mass is 16.5. The fourth-order valence-corrected chi connectivity index (χ4v) is 2.06. The number of para-hydroxylation sites is 3. The SMILES string of the molecule is Cc1ccoc1C(=O)Nc1ccccc1Oc1ccccc1. The first-order chi connectivity index (χ1) is 10.7. The zero-order valence-electron chi connectivity index (χ0n) is 12.1. The number of aryl methyl sites for hydroxylation is 1. The molecule has 0 saturated heterocycles. The van der Waals surface area contributed by atoms with Crippen LogP contribution < -0.4 is 10.1 Å². The molecule has 0 saturated carbocycles. The normalized spacial score (nSPS) is 10.2. The Bertz CT molecular complexity index is 778. The van der Waals surface area contributed by atoms with Gasteiger partial charge in [0.1, 0.15) is 5.75 Å². The van der Waals surface area contributed by atoms with Crippen molar-refractivity contribution < 1.29 is 13.9 Å². The van der Waals surface area contributed by atoms with Crippen molar-refractivity contribution >= 4 is 11.6 Å². The standard InChI is InChI=1S/C18H15NO3/c1-13-11-12-21-17(13)18(20)19-15-9-5-6-10-16(15)22-14-7-3-2-4-8-14/h2-12H,1H3,(H,19,20). The molecule has 0 aliphatic heterocycles. The zero-order valence-corrected chi connectivity index (χ0v) is 12.1. The highest BCUT2D eigenvalue weighted by Crippen LogP contribution is 2.29. The van der Waals surface area contributed by atoms with Gasteiger partial charge in [-0.25, -0.2) is 0 Å². The van der Waals surface area contributed by atoms with E-state index in [1.807, 2.05) is 49.4 Å². The predicted octanol–water partition coefficient (Wildman–Crippen LogP) is 4.63. The van der Waals surface area contributed by atoms with Crippen LogP contribution in [0, 0.1) is 6.92 Å². The fraction of sp³-hybridized carbons (Fsp3) is 0.0556. The molecule has 3 rings (SSSR count). The van der Waals surface area contributed by atoms with Crippen molar-refractivity contribution in [1.82, 2.24) is 0 Å². The zero-order chi connectivity index (χ0) is 15.4. The van der Waals surface area contributed by atoms with E-state index in [2.05, 4.69) is 5.32 Å². The van der Waals surface area contributed by atoms with E-state index in [9.17, 15) is 4.79 Å². The monoisotopic (exact) mass is 293 g/mol. The van der Waals surface area contributed by atoms with Gasteiger partial charge >= 0.3 is 0 Å². The Hall–Kier alpha value is -3.01. The Labute approximate surface area is 128 Å². The van der Waals surface area contributed by atoms with Gasteiger partial charge in [-0.3, -0.25) is 4.79 Å². The Morgan fingerprint density at radius 2 is 1.73 bits per heavy atom. The summed E-state index contributed by atoms with van der Waals surface area (Å²) in [5.41, 5.74) is 1.38. The molecule has 1 amide bonds. The lowest BCUT2D eigenvalue weighted by Crippen LogP contribution is -2.12. The first kappa shape index (κ1) is 13.9. The van der Waals surface area contributed by atoms with Gasteiger partial charge in [0, 0.05) is 5.56 Å². The van der Waals surface area contributed by atoms with Crippen molar-refractivity contribution in [3.8, 4) is 11.5 Å². The Balaban J connectivity index is 1.83. The summed E-state index contributed by atoms with van der Waals surface area (Å²) in [5.74, 6) is 1.28. The van der Waals surface area contributed by atoms with Gasteiger partial charge in [0.2, 0.25) is 0 Å². The molecule has 3 aromatic rings. The maximum Gasteiger partial charge on any atom is 0.291 e. The van der Waals surface area contributed by atoms with E-state index in [4.69, 9.17) is 9.15 Å². The summed E-state index contributed by atoms with van der Waals surface area (Å²) in [6, 6.07) is 18.4. The van der Waals surface area contributed by atoms with E-state index in [0.29, 0.717) is 22.9 Å². The number of furan rings is 1. The number of carbonyl (C=O) groups is 1. The highest BCUT2D eigenvalue weighted by molar-refractivity contribution is 6.04. The van der Waals surface area contributed by atoms with Gasteiger partial charge in [-0.2, -0.15) is 0 Å². The van der Waals surface area contributed by atoms with Crippen LogP contribution in [-0.4, -0.2) is 5.91 Å². The molecule has 0 atom stereocenters. The highest BCUT2D eigenvalue weighted by Gasteiger charge is 2.15. The van der Waals surface area contributed by atoms with E-state index in [1.165, 1.54) is 6.26 Å². The minimum absolute atomic E-state index is 0.299. The number of nitrogens with one attached hydrogen (secondary N) is 1. The third-order valence-electron chi connectivity index (χ3n) is 3.17. The van der Waals surface area contributed by atoms with Gasteiger partial charge in [-0.1, -0.05) is 30.3 Å². The van der Waals surface area contributed by atoms with Crippen LogP contribution in [0.15, 0.2) is 71.3 Å². The van der Waals surface area contributed by atoms with Crippen molar-refractivity contribution in [3.05, 3.63) is 78.3 Å². The number of amides is 1. The van der Waals surface area contributed by atoms with Gasteiger partial charge in [0.05, 0.1) is 12.0 Å². The van der Waals surface area contributed by atoms with Gasteiger partial charge in [-0.15, -0.1) is 0 Å². The summed E-state index contributed by atoms with van der Waals surface area (Å²) in [5, 5.41) is 2.82. The van der Waals surface area contributed by atoms with Crippen LogP contribution in [-0.2, 0) is 0 Å².